The lowest BCUT2D eigenvalue weighted by Crippen LogP contribution is -2.10. The Bertz CT molecular complexity index is 882. The first-order valence-corrected chi connectivity index (χ1v) is 9.04. The molecule has 2 aromatic carbocycles. The summed E-state index contributed by atoms with van der Waals surface area (Å²) in [4.78, 5) is 25.2. The lowest BCUT2D eigenvalue weighted by Gasteiger charge is -2.16. The van der Waals surface area contributed by atoms with Crippen LogP contribution in [0.25, 0.3) is 6.08 Å². The minimum Gasteiger partial charge on any atom is -0.504 e. The van der Waals surface area contributed by atoms with Gasteiger partial charge in [0.1, 0.15) is 5.56 Å². The van der Waals surface area contributed by atoms with E-state index in [2.05, 4.69) is 0 Å². The van der Waals surface area contributed by atoms with Crippen LogP contribution < -0.4 is 4.74 Å². The minimum absolute atomic E-state index is 0.0429. The minimum atomic E-state index is -1.22. The number of aromatic hydroxyl groups is 1. The largest absolute Gasteiger partial charge is 0.504 e. The Kier molecular flexibility index (Phi) is 6.10. The van der Waals surface area contributed by atoms with Crippen molar-refractivity contribution in [3.05, 3.63) is 58.2 Å². The number of phenolic OH excluding ortho intramolecular Hbond substituents is 1. The van der Waals surface area contributed by atoms with Crippen LogP contribution in [-0.4, -0.2) is 35.3 Å². The fraction of sp³-hybridized carbons (Fsp3) is 0.200. The molecule has 5 nitrogen and oxygen atoms in total. The molecule has 2 N–H and O–H groups in total. The number of allylic oxidation sites excluding steroid dienone is 1. The van der Waals surface area contributed by atoms with E-state index in [1.165, 1.54) is 13.2 Å². The van der Waals surface area contributed by atoms with E-state index in [0.717, 1.165) is 10.5 Å². The average Bonchev–Trinajstić information content (AvgIpc) is 2.62. The van der Waals surface area contributed by atoms with Crippen LogP contribution in [0.5, 0.6) is 11.5 Å². The number of carbonyl (C=O) groups is 2. The van der Waals surface area contributed by atoms with Crippen LogP contribution in [0, 0.1) is 13.8 Å². The van der Waals surface area contributed by atoms with Gasteiger partial charge in [-0.05, 0) is 55.0 Å². The van der Waals surface area contributed by atoms with Gasteiger partial charge in [-0.1, -0.05) is 18.2 Å². The number of thioether (sulfide) groups is 1. The summed E-state index contributed by atoms with van der Waals surface area (Å²) in [6.45, 7) is 3.19. The Hall–Kier alpha value is -2.73. The van der Waals surface area contributed by atoms with E-state index in [4.69, 9.17) is 4.74 Å². The van der Waals surface area contributed by atoms with Gasteiger partial charge in [-0.3, -0.25) is 4.79 Å². The van der Waals surface area contributed by atoms with Gasteiger partial charge in [-0.25, -0.2) is 4.79 Å². The third kappa shape index (κ3) is 3.75. The zero-order chi connectivity index (χ0) is 19.4. The van der Waals surface area contributed by atoms with Gasteiger partial charge in [-0.2, -0.15) is 0 Å². The molecule has 0 unspecified atom stereocenters. The van der Waals surface area contributed by atoms with Crippen LogP contribution in [-0.2, 0) is 0 Å². The van der Waals surface area contributed by atoms with Gasteiger partial charge in [-0.15, -0.1) is 11.8 Å². The number of phenols is 1. The monoisotopic (exact) mass is 372 g/mol. The van der Waals surface area contributed by atoms with E-state index in [0.29, 0.717) is 11.1 Å². The van der Waals surface area contributed by atoms with Crippen molar-refractivity contribution >= 4 is 29.6 Å². The number of benzene rings is 2. The smallest absolute Gasteiger partial charge is 0.339 e. The summed E-state index contributed by atoms with van der Waals surface area (Å²) in [5.74, 6) is -2.31. The summed E-state index contributed by atoms with van der Waals surface area (Å²) < 4.78 is 5.04. The van der Waals surface area contributed by atoms with Crippen LogP contribution in [0.4, 0.5) is 0 Å². The van der Waals surface area contributed by atoms with E-state index in [9.17, 15) is 19.8 Å². The molecule has 0 radical (unpaired) electrons. The maximum absolute atomic E-state index is 12.6. The Morgan fingerprint density at radius 1 is 1.08 bits per heavy atom. The first kappa shape index (κ1) is 19.6. The molecule has 0 amide bonds. The van der Waals surface area contributed by atoms with Crippen molar-refractivity contribution < 1.29 is 24.5 Å². The Morgan fingerprint density at radius 2 is 1.65 bits per heavy atom. The molecule has 0 saturated heterocycles. The van der Waals surface area contributed by atoms with E-state index < -0.39 is 17.5 Å². The predicted octanol–water partition coefficient (Wildman–Crippen LogP) is 4.33. The summed E-state index contributed by atoms with van der Waals surface area (Å²) >= 11 is 1.63. The van der Waals surface area contributed by atoms with Gasteiger partial charge in [0, 0.05) is 4.90 Å². The van der Waals surface area contributed by atoms with Crippen molar-refractivity contribution in [2.45, 2.75) is 18.7 Å². The highest BCUT2D eigenvalue weighted by Gasteiger charge is 2.26. The zero-order valence-corrected chi connectivity index (χ0v) is 15.8. The van der Waals surface area contributed by atoms with E-state index in [1.54, 1.807) is 31.7 Å². The van der Waals surface area contributed by atoms with Crippen molar-refractivity contribution in [2.75, 3.05) is 13.4 Å². The number of hydrogen-bond donors (Lipinski definition) is 2. The van der Waals surface area contributed by atoms with Crippen molar-refractivity contribution in [1.29, 1.82) is 0 Å². The zero-order valence-electron chi connectivity index (χ0n) is 15.0. The third-order valence-electron chi connectivity index (χ3n) is 4.20. The molecule has 0 aliphatic rings. The molecule has 0 bridgehead atoms. The summed E-state index contributed by atoms with van der Waals surface area (Å²) in [6.07, 6.45) is 4.99. The third-order valence-corrected chi connectivity index (χ3v) is 4.94. The molecule has 0 saturated carbocycles. The molecule has 26 heavy (non-hydrogen) atoms. The Morgan fingerprint density at radius 3 is 2.15 bits per heavy atom. The summed E-state index contributed by atoms with van der Waals surface area (Å²) in [5.41, 5.74) is 1.54. The highest BCUT2D eigenvalue weighted by molar-refractivity contribution is 7.98. The first-order chi connectivity index (χ1) is 12.3. The normalized spacial score (nSPS) is 10.9. The molecular weight excluding hydrogens is 352 g/mol. The number of rotatable bonds is 6. The molecule has 0 spiro atoms. The molecular formula is C20H20O5S. The van der Waals surface area contributed by atoms with Crippen molar-refractivity contribution in [3.63, 3.8) is 0 Å². The number of carbonyl (C=O) groups excluding carboxylic acids is 1. The van der Waals surface area contributed by atoms with Crippen LogP contribution in [0.15, 0.2) is 35.2 Å². The molecule has 0 heterocycles. The summed E-state index contributed by atoms with van der Waals surface area (Å²) in [7, 11) is 1.26. The maximum Gasteiger partial charge on any atom is 0.339 e. The van der Waals surface area contributed by atoms with Gasteiger partial charge >= 0.3 is 5.97 Å². The van der Waals surface area contributed by atoms with Crippen LogP contribution in [0.3, 0.4) is 0 Å². The SMILES string of the molecule is COc1c(O)c(C(=O)C=Cc2ccc(SC)cc2)c(C)c(C)c1C(=O)O. The van der Waals surface area contributed by atoms with Gasteiger partial charge in [0.25, 0.3) is 0 Å². The van der Waals surface area contributed by atoms with E-state index in [-0.39, 0.29) is 16.9 Å². The average molecular weight is 372 g/mol. The van der Waals surface area contributed by atoms with E-state index in [1.807, 2.05) is 30.5 Å². The number of ketones is 1. The second-order valence-corrected chi connectivity index (χ2v) is 6.54. The maximum atomic E-state index is 12.6. The molecule has 0 aromatic heterocycles. The van der Waals surface area contributed by atoms with Crippen LogP contribution in [0.1, 0.15) is 37.4 Å². The second-order valence-electron chi connectivity index (χ2n) is 5.66. The molecule has 0 fully saturated rings. The topological polar surface area (TPSA) is 83.8 Å². The van der Waals surface area contributed by atoms with Crippen molar-refractivity contribution in [2.24, 2.45) is 0 Å². The molecule has 136 valence electrons. The number of ether oxygens (including phenoxy) is 1. The summed E-state index contributed by atoms with van der Waals surface area (Å²) in [5, 5.41) is 19.8. The standard InChI is InChI=1S/C20H20O5S/c1-11-12(2)17(20(23)24)19(25-3)18(22)16(11)15(21)10-7-13-5-8-14(26-4)9-6-13/h5-10,22H,1-4H3,(H,23,24). The quantitative estimate of drug-likeness (QED) is 0.446. The predicted molar refractivity (Wildman–Crippen MR) is 103 cm³/mol. The highest BCUT2D eigenvalue weighted by atomic mass is 32.2. The number of aromatic carboxylic acids is 1. The molecule has 0 aliphatic heterocycles. The first-order valence-electron chi connectivity index (χ1n) is 7.81. The lowest BCUT2D eigenvalue weighted by molar-refractivity contribution is 0.0691. The number of carboxylic acid groups (broad SMARTS) is 1. The van der Waals surface area contributed by atoms with Crippen molar-refractivity contribution in [1.82, 2.24) is 0 Å². The molecule has 0 atom stereocenters. The van der Waals surface area contributed by atoms with Gasteiger partial charge in [0.05, 0.1) is 12.7 Å². The highest BCUT2D eigenvalue weighted by Crippen LogP contribution is 2.39. The van der Waals surface area contributed by atoms with Gasteiger partial charge < -0.3 is 14.9 Å². The number of hydrogen-bond acceptors (Lipinski definition) is 5. The fourth-order valence-electron chi connectivity index (χ4n) is 2.68. The Labute approximate surface area is 156 Å². The molecule has 0 aliphatic carbocycles. The second kappa shape index (κ2) is 8.10. The van der Waals surface area contributed by atoms with Crippen LogP contribution >= 0.6 is 11.8 Å². The lowest BCUT2D eigenvalue weighted by atomic mass is 9.93. The van der Waals surface area contributed by atoms with Crippen LogP contribution in [0.2, 0.25) is 0 Å². The molecule has 2 rings (SSSR count). The Balaban J connectivity index is 2.46. The molecule has 2 aromatic rings. The fourth-order valence-corrected chi connectivity index (χ4v) is 3.09. The van der Waals surface area contributed by atoms with Crippen molar-refractivity contribution in [3.8, 4) is 11.5 Å². The van der Waals surface area contributed by atoms with Gasteiger partial charge in [0.15, 0.2) is 17.3 Å². The number of carboxylic acids is 1. The van der Waals surface area contributed by atoms with Gasteiger partial charge in [0.2, 0.25) is 0 Å². The van der Waals surface area contributed by atoms with E-state index >= 15 is 0 Å². The summed E-state index contributed by atoms with van der Waals surface area (Å²) in [6, 6.07) is 7.68. The molecule has 6 heteroatoms. The number of methoxy groups -OCH3 is 1.